The molecule has 1 atom stereocenters. The van der Waals surface area contributed by atoms with Crippen LogP contribution in [0.2, 0.25) is 0 Å². The summed E-state index contributed by atoms with van der Waals surface area (Å²) in [5, 5.41) is 18.4. The van der Waals surface area contributed by atoms with Gasteiger partial charge in [-0.25, -0.2) is 0 Å². The molecule has 3 aliphatic rings. The molecule has 2 aromatic heterocycles. The van der Waals surface area contributed by atoms with Crippen LogP contribution < -0.4 is 20.7 Å². The van der Waals surface area contributed by atoms with E-state index in [1.54, 1.807) is 24.1 Å². The number of methoxy groups -OCH3 is 1. The van der Waals surface area contributed by atoms with Crippen LogP contribution in [-0.2, 0) is 52.1 Å². The van der Waals surface area contributed by atoms with Crippen LogP contribution in [0.3, 0.4) is 0 Å². The van der Waals surface area contributed by atoms with Crippen molar-refractivity contribution in [1.82, 2.24) is 40.2 Å². The van der Waals surface area contributed by atoms with E-state index in [1.807, 2.05) is 58.8 Å². The molecule has 2 bridgehead atoms. The van der Waals surface area contributed by atoms with Crippen LogP contribution in [0.1, 0.15) is 59.7 Å². The van der Waals surface area contributed by atoms with Crippen LogP contribution in [0.15, 0.2) is 54.7 Å². The number of para-hydroxylation sites is 1. The Morgan fingerprint density at radius 2 is 1.75 bits per heavy atom. The second kappa shape index (κ2) is 16.9. The molecular weight excluding hydrogens is 664 g/mol. The lowest BCUT2D eigenvalue weighted by Crippen LogP contribution is -2.50. The van der Waals surface area contributed by atoms with E-state index in [1.165, 1.54) is 0 Å². The van der Waals surface area contributed by atoms with Crippen molar-refractivity contribution in [3.05, 3.63) is 77.5 Å². The molecule has 3 aliphatic heterocycles. The van der Waals surface area contributed by atoms with Gasteiger partial charge in [-0.1, -0.05) is 30.3 Å². The third-order valence-corrected chi connectivity index (χ3v) is 9.99. The molecule has 52 heavy (non-hydrogen) atoms. The van der Waals surface area contributed by atoms with Gasteiger partial charge in [0, 0.05) is 83.4 Å². The van der Waals surface area contributed by atoms with Crippen molar-refractivity contribution in [2.75, 3.05) is 46.5 Å². The van der Waals surface area contributed by atoms with Gasteiger partial charge in [-0.2, -0.15) is 0 Å². The maximum atomic E-state index is 14.2. The molecule has 2 aromatic carbocycles. The molecule has 5 heterocycles. The summed E-state index contributed by atoms with van der Waals surface area (Å²) in [6.45, 7) is 2.35. The number of nitrogens with zero attached hydrogens (tertiary/aromatic N) is 5. The summed E-state index contributed by atoms with van der Waals surface area (Å²) in [6, 6.07) is 15.0. The maximum Gasteiger partial charge on any atom is 0.257 e. The van der Waals surface area contributed by atoms with Crippen LogP contribution in [-0.4, -0.2) is 94.4 Å². The van der Waals surface area contributed by atoms with Gasteiger partial charge in [-0.15, -0.1) is 10.2 Å². The van der Waals surface area contributed by atoms with Crippen LogP contribution in [0, 0.1) is 5.41 Å². The van der Waals surface area contributed by atoms with Gasteiger partial charge in [-0.05, 0) is 55.9 Å². The molecule has 276 valence electrons. The van der Waals surface area contributed by atoms with Gasteiger partial charge in [0.2, 0.25) is 11.8 Å². The summed E-state index contributed by atoms with van der Waals surface area (Å²) >= 11 is 0. The third kappa shape index (κ3) is 8.61. The number of rotatable bonds is 7. The zero-order chi connectivity index (χ0) is 36.5. The first-order chi connectivity index (χ1) is 25.3. The van der Waals surface area contributed by atoms with Crippen molar-refractivity contribution in [3.8, 4) is 5.75 Å². The quantitative estimate of drug-likeness (QED) is 0.264. The smallest absolute Gasteiger partial charge is 0.257 e. The molecule has 0 spiro atoms. The lowest BCUT2D eigenvalue weighted by atomic mass is 9.77. The number of aromatic nitrogens is 4. The highest BCUT2D eigenvalue weighted by molar-refractivity contribution is 6.07. The summed E-state index contributed by atoms with van der Waals surface area (Å²) in [5.41, 5.74) is 1.34. The van der Waals surface area contributed by atoms with Crippen molar-refractivity contribution in [1.29, 1.82) is 0 Å². The number of nitrogens with one attached hydrogen (secondary N) is 3. The normalized spacial score (nSPS) is 19.1. The molecule has 0 fully saturated rings. The Kier molecular flexibility index (Phi) is 11.8. The Hall–Kier alpha value is -5.24. The summed E-state index contributed by atoms with van der Waals surface area (Å²) in [4.78, 5) is 56.0. The number of hydrogen-bond donors (Lipinski definition) is 3. The van der Waals surface area contributed by atoms with E-state index in [-0.39, 0.29) is 49.7 Å². The minimum Gasteiger partial charge on any atom is -0.484 e. The molecule has 14 heteroatoms. The zero-order valence-corrected chi connectivity index (χ0v) is 30.0. The number of amides is 4. The molecule has 0 saturated heterocycles. The van der Waals surface area contributed by atoms with E-state index >= 15 is 0 Å². The topological polar surface area (TPSA) is 162 Å². The first-order valence-corrected chi connectivity index (χ1v) is 18.0. The fourth-order valence-electron chi connectivity index (χ4n) is 7.08. The number of aryl methyl sites for hydroxylation is 2. The molecule has 1 unspecified atom stereocenters. The Balaban J connectivity index is 1.21. The van der Waals surface area contributed by atoms with E-state index in [4.69, 9.17) is 9.47 Å². The van der Waals surface area contributed by atoms with E-state index in [0.29, 0.717) is 69.1 Å². The first-order valence-electron chi connectivity index (χ1n) is 18.0. The van der Waals surface area contributed by atoms with Gasteiger partial charge in [0.1, 0.15) is 11.6 Å². The molecule has 0 radical (unpaired) electrons. The fraction of sp³-hybridized carbons (Fsp3) is 0.474. The molecule has 3 N–H and O–H groups in total. The molecule has 0 saturated carbocycles. The van der Waals surface area contributed by atoms with E-state index in [9.17, 15) is 19.2 Å². The highest BCUT2D eigenvalue weighted by Gasteiger charge is 2.39. The molecule has 4 aromatic rings. The predicted octanol–water partition coefficient (Wildman–Crippen LogP) is 2.54. The lowest BCUT2D eigenvalue weighted by Gasteiger charge is -2.33. The van der Waals surface area contributed by atoms with Crippen LogP contribution in [0.5, 0.6) is 5.75 Å². The van der Waals surface area contributed by atoms with Crippen LogP contribution in [0.4, 0.5) is 0 Å². The Bertz CT molecular complexity index is 1890. The fourth-order valence-corrected chi connectivity index (χ4v) is 7.08. The van der Waals surface area contributed by atoms with E-state index < -0.39 is 5.41 Å². The summed E-state index contributed by atoms with van der Waals surface area (Å²) < 4.78 is 15.2. The summed E-state index contributed by atoms with van der Waals surface area (Å²) in [5.74, 6) is 1.29. The largest absolute Gasteiger partial charge is 0.484 e. The lowest BCUT2D eigenvalue weighted by molar-refractivity contribution is -0.133. The SMILES string of the molecule is COCCC1(C(=O)NCc2nnc3n2CCC3)CNC(=O)CCCN(C(=O)c2cn(C)c3ccccc23)CCCNC(=O)COc2ccc(cc2)C1. The average molecular weight is 713 g/mol. The van der Waals surface area contributed by atoms with Gasteiger partial charge >= 0.3 is 0 Å². The minimum absolute atomic E-state index is 0.0794. The number of carbonyl (C=O) groups excluding carboxylic acids is 4. The maximum absolute atomic E-state index is 14.2. The van der Waals surface area contributed by atoms with E-state index in [0.717, 1.165) is 41.7 Å². The number of hydrogen-bond acceptors (Lipinski definition) is 8. The summed E-state index contributed by atoms with van der Waals surface area (Å²) in [6.07, 6.45) is 5.46. The van der Waals surface area contributed by atoms with Crippen LogP contribution in [0.25, 0.3) is 10.9 Å². The van der Waals surface area contributed by atoms with Gasteiger partial charge < -0.3 is 39.5 Å². The van der Waals surface area contributed by atoms with Crippen molar-refractivity contribution in [3.63, 3.8) is 0 Å². The van der Waals surface area contributed by atoms with Crippen molar-refractivity contribution in [2.24, 2.45) is 12.5 Å². The molecular formula is C38H48N8O6. The van der Waals surface area contributed by atoms with Gasteiger partial charge in [0.05, 0.1) is 17.5 Å². The molecule has 0 aliphatic carbocycles. The second-order valence-corrected chi connectivity index (χ2v) is 13.6. The van der Waals surface area contributed by atoms with Crippen molar-refractivity contribution in [2.45, 2.75) is 58.0 Å². The number of fused-ring (bicyclic) bond motifs is 19. The number of carbonyl (C=O) groups is 4. The first kappa shape index (κ1) is 36.5. The Labute approximate surface area is 303 Å². The predicted molar refractivity (Wildman–Crippen MR) is 193 cm³/mol. The highest BCUT2D eigenvalue weighted by Crippen LogP contribution is 2.30. The Morgan fingerprint density at radius 3 is 2.58 bits per heavy atom. The Morgan fingerprint density at radius 1 is 0.962 bits per heavy atom. The third-order valence-electron chi connectivity index (χ3n) is 9.99. The number of ether oxygens (including phenoxy) is 2. The monoisotopic (exact) mass is 712 g/mol. The van der Waals surface area contributed by atoms with Gasteiger partial charge in [0.25, 0.3) is 11.8 Å². The van der Waals surface area contributed by atoms with Gasteiger partial charge in [-0.3, -0.25) is 19.2 Å². The minimum atomic E-state index is -1.06. The van der Waals surface area contributed by atoms with Crippen LogP contribution >= 0.6 is 0 Å². The number of benzene rings is 2. The second-order valence-electron chi connectivity index (χ2n) is 13.6. The van der Waals surface area contributed by atoms with Gasteiger partial charge in [0.15, 0.2) is 12.4 Å². The molecule has 7 rings (SSSR count). The van der Waals surface area contributed by atoms with Crippen molar-refractivity contribution < 1.29 is 28.7 Å². The zero-order valence-electron chi connectivity index (χ0n) is 30.0. The standard InChI is InChI=1S/C38H48N8O6/c1-44-24-30(29-8-3-4-9-31(29)44)36(49)45-18-6-11-34(47)41-26-38(16-21-51-2,37(50)40-23-33-43-42-32-10-5-20-46(32)33)22-27-12-14-28(15-13-27)52-25-35(48)39-17-7-19-45/h3-4,8-9,12-15,24H,5-7,10-11,16-23,25-26H2,1-2H3,(H,39,48)(H,40,50)(H,41,47). The molecule has 14 nitrogen and oxygen atoms in total. The summed E-state index contributed by atoms with van der Waals surface area (Å²) in [7, 11) is 3.50. The average Bonchev–Trinajstić information content (AvgIpc) is 3.87. The van der Waals surface area contributed by atoms with Crippen molar-refractivity contribution >= 4 is 34.5 Å². The highest BCUT2D eigenvalue weighted by atomic mass is 16.5. The molecule has 4 amide bonds. The van der Waals surface area contributed by atoms with E-state index in [2.05, 4.69) is 26.1 Å².